The molecule has 1 saturated heterocycles. The molecule has 1 aliphatic rings. The van der Waals surface area contributed by atoms with E-state index in [-0.39, 0.29) is 18.4 Å². The van der Waals surface area contributed by atoms with Crippen molar-refractivity contribution in [3.63, 3.8) is 0 Å². The molecule has 1 atom stereocenters. The van der Waals surface area contributed by atoms with Crippen molar-refractivity contribution in [2.75, 3.05) is 19.7 Å². The van der Waals surface area contributed by atoms with Crippen molar-refractivity contribution in [3.8, 4) is 0 Å². The van der Waals surface area contributed by atoms with Gasteiger partial charge in [0.15, 0.2) is 0 Å². The molecule has 1 aliphatic heterocycles. The topological polar surface area (TPSA) is 104 Å². The quantitative estimate of drug-likeness (QED) is 0.303. The van der Waals surface area contributed by atoms with Gasteiger partial charge in [-0.1, -0.05) is 48.5 Å². The van der Waals surface area contributed by atoms with Crippen LogP contribution in [0, 0.1) is 0 Å². The summed E-state index contributed by atoms with van der Waals surface area (Å²) in [6.07, 6.45) is 4.24. The van der Waals surface area contributed by atoms with Gasteiger partial charge in [-0.2, -0.15) is 0 Å². The van der Waals surface area contributed by atoms with Crippen LogP contribution in [-0.4, -0.2) is 58.4 Å². The van der Waals surface area contributed by atoms with Crippen molar-refractivity contribution in [2.24, 2.45) is 0 Å². The Morgan fingerprint density at radius 3 is 2.62 bits per heavy atom. The molecule has 0 saturated carbocycles. The SMILES string of the molecule is CCOC(=O)C(Cc1ccccc1)NC(=O)c1csc(C2CCN(C(=O)Cc3c[nH]c4ccccc34)CC2)n1. The smallest absolute Gasteiger partial charge is 0.328 e. The van der Waals surface area contributed by atoms with Crippen molar-refractivity contribution in [3.05, 3.63) is 88.0 Å². The van der Waals surface area contributed by atoms with Gasteiger partial charge in [0.05, 0.1) is 18.0 Å². The lowest BCUT2D eigenvalue weighted by atomic mass is 9.97. The number of aromatic amines is 1. The highest BCUT2D eigenvalue weighted by Crippen LogP contribution is 2.31. The number of hydrogen-bond acceptors (Lipinski definition) is 6. The Labute approximate surface area is 231 Å². The van der Waals surface area contributed by atoms with Crippen LogP contribution in [0.25, 0.3) is 10.9 Å². The fourth-order valence-corrected chi connectivity index (χ4v) is 6.00. The predicted octanol–water partition coefficient (Wildman–Crippen LogP) is 4.48. The van der Waals surface area contributed by atoms with Gasteiger partial charge in [-0.25, -0.2) is 9.78 Å². The minimum atomic E-state index is -0.795. The van der Waals surface area contributed by atoms with Gasteiger partial charge >= 0.3 is 5.97 Å². The molecule has 0 bridgehead atoms. The van der Waals surface area contributed by atoms with E-state index in [2.05, 4.69) is 15.3 Å². The normalized spacial score (nSPS) is 14.7. The fourth-order valence-electron chi connectivity index (χ4n) is 5.03. The van der Waals surface area contributed by atoms with Crippen LogP contribution in [0.5, 0.6) is 0 Å². The largest absolute Gasteiger partial charge is 0.464 e. The minimum absolute atomic E-state index is 0.126. The standard InChI is InChI=1S/C30H32N4O4S/c1-2-38-30(37)25(16-20-8-4-3-5-9-20)32-28(36)26-19-39-29(33-26)21-12-14-34(15-13-21)27(35)17-22-18-31-24-11-7-6-10-23(22)24/h3-11,18-19,21,25,31H,2,12-17H2,1H3,(H,32,36). The average molecular weight is 545 g/mol. The summed E-state index contributed by atoms with van der Waals surface area (Å²) < 4.78 is 5.19. The van der Waals surface area contributed by atoms with Gasteiger partial charge in [0.25, 0.3) is 5.91 Å². The number of fused-ring (bicyclic) bond motifs is 1. The number of aromatic nitrogens is 2. The van der Waals surface area contributed by atoms with E-state index in [4.69, 9.17) is 4.74 Å². The predicted molar refractivity (Wildman–Crippen MR) is 151 cm³/mol. The highest BCUT2D eigenvalue weighted by atomic mass is 32.1. The summed E-state index contributed by atoms with van der Waals surface area (Å²) in [4.78, 5) is 48.3. The summed E-state index contributed by atoms with van der Waals surface area (Å²) in [6, 6.07) is 16.7. The van der Waals surface area contributed by atoms with Crippen LogP contribution in [0.15, 0.2) is 66.2 Å². The number of para-hydroxylation sites is 1. The van der Waals surface area contributed by atoms with Gasteiger partial charge in [0.1, 0.15) is 11.7 Å². The lowest BCUT2D eigenvalue weighted by Crippen LogP contribution is -2.43. The van der Waals surface area contributed by atoms with E-state index in [1.807, 2.05) is 65.7 Å². The number of piperidine rings is 1. The number of benzene rings is 2. The molecule has 2 amide bonds. The molecule has 2 aromatic carbocycles. The maximum atomic E-state index is 13.0. The van der Waals surface area contributed by atoms with E-state index in [9.17, 15) is 14.4 Å². The highest BCUT2D eigenvalue weighted by Gasteiger charge is 2.28. The third-order valence-corrected chi connectivity index (χ3v) is 8.13. The Bertz CT molecular complexity index is 1440. The monoisotopic (exact) mass is 544 g/mol. The Balaban J connectivity index is 1.16. The number of amides is 2. The van der Waals surface area contributed by atoms with Crippen molar-refractivity contribution in [1.29, 1.82) is 0 Å². The summed E-state index contributed by atoms with van der Waals surface area (Å²) in [5.74, 6) is -0.535. The third kappa shape index (κ3) is 6.37. The van der Waals surface area contributed by atoms with Crippen molar-refractivity contribution in [2.45, 2.75) is 44.6 Å². The maximum absolute atomic E-state index is 13.0. The van der Waals surface area contributed by atoms with E-state index in [0.717, 1.165) is 39.9 Å². The first-order chi connectivity index (χ1) is 19.0. The first kappa shape index (κ1) is 26.6. The first-order valence-electron chi connectivity index (χ1n) is 13.3. The number of hydrogen-bond donors (Lipinski definition) is 2. The highest BCUT2D eigenvalue weighted by molar-refractivity contribution is 7.09. The van der Waals surface area contributed by atoms with Gasteiger partial charge in [0, 0.05) is 47.9 Å². The summed E-state index contributed by atoms with van der Waals surface area (Å²) in [7, 11) is 0. The van der Waals surface area contributed by atoms with Crippen LogP contribution >= 0.6 is 11.3 Å². The molecule has 39 heavy (non-hydrogen) atoms. The second kappa shape index (κ2) is 12.3. The van der Waals surface area contributed by atoms with Crippen LogP contribution in [0.1, 0.15) is 52.3 Å². The Morgan fingerprint density at radius 1 is 1.10 bits per heavy atom. The van der Waals surface area contributed by atoms with Gasteiger partial charge in [0.2, 0.25) is 5.91 Å². The van der Waals surface area contributed by atoms with Gasteiger partial charge in [-0.05, 0) is 37.0 Å². The lowest BCUT2D eigenvalue weighted by Gasteiger charge is -2.31. The molecule has 2 N–H and O–H groups in total. The Morgan fingerprint density at radius 2 is 1.85 bits per heavy atom. The van der Waals surface area contributed by atoms with Crippen LogP contribution in [0.2, 0.25) is 0 Å². The minimum Gasteiger partial charge on any atom is -0.464 e. The van der Waals surface area contributed by atoms with Crippen LogP contribution in [0.3, 0.4) is 0 Å². The van der Waals surface area contributed by atoms with Gasteiger partial charge in [-0.15, -0.1) is 11.3 Å². The number of thiazole rings is 1. The van der Waals surface area contributed by atoms with E-state index in [1.165, 1.54) is 11.3 Å². The number of nitrogens with zero attached hydrogens (tertiary/aromatic N) is 2. The second-order valence-corrected chi connectivity index (χ2v) is 10.6. The number of nitrogens with one attached hydrogen (secondary N) is 2. The van der Waals surface area contributed by atoms with E-state index < -0.39 is 17.9 Å². The van der Waals surface area contributed by atoms with Crippen molar-refractivity contribution < 1.29 is 19.1 Å². The summed E-state index contributed by atoms with van der Waals surface area (Å²) >= 11 is 1.45. The molecule has 0 aliphatic carbocycles. The molecule has 0 spiro atoms. The number of H-pyrrole nitrogens is 1. The molecule has 2 aromatic heterocycles. The molecule has 1 unspecified atom stereocenters. The van der Waals surface area contributed by atoms with E-state index in [0.29, 0.717) is 31.6 Å². The first-order valence-corrected chi connectivity index (χ1v) is 14.2. The van der Waals surface area contributed by atoms with Crippen LogP contribution in [-0.2, 0) is 27.2 Å². The zero-order valence-corrected chi connectivity index (χ0v) is 22.7. The van der Waals surface area contributed by atoms with E-state index in [1.54, 1.807) is 12.3 Å². The number of ether oxygens (including phenoxy) is 1. The average Bonchev–Trinajstić information content (AvgIpc) is 3.62. The maximum Gasteiger partial charge on any atom is 0.328 e. The van der Waals surface area contributed by atoms with Crippen LogP contribution in [0.4, 0.5) is 0 Å². The zero-order valence-electron chi connectivity index (χ0n) is 21.9. The van der Waals surface area contributed by atoms with E-state index >= 15 is 0 Å². The molecule has 8 nitrogen and oxygen atoms in total. The lowest BCUT2D eigenvalue weighted by molar-refractivity contribution is -0.145. The molecule has 202 valence electrons. The van der Waals surface area contributed by atoms with Crippen LogP contribution < -0.4 is 5.32 Å². The zero-order chi connectivity index (χ0) is 27.2. The fraction of sp³-hybridized carbons (Fsp3) is 0.333. The van der Waals surface area contributed by atoms with Crippen molar-refractivity contribution in [1.82, 2.24) is 20.2 Å². The molecule has 1 fully saturated rings. The molecule has 0 radical (unpaired) electrons. The van der Waals surface area contributed by atoms with Gasteiger partial charge in [-0.3, -0.25) is 9.59 Å². The Hall–Kier alpha value is -3.98. The molecule has 9 heteroatoms. The molecular weight excluding hydrogens is 512 g/mol. The van der Waals surface area contributed by atoms with Gasteiger partial charge < -0.3 is 19.9 Å². The summed E-state index contributed by atoms with van der Waals surface area (Å²) in [5, 5.41) is 6.53. The summed E-state index contributed by atoms with van der Waals surface area (Å²) in [6.45, 7) is 3.31. The summed E-state index contributed by atoms with van der Waals surface area (Å²) in [5.41, 5.74) is 3.29. The number of likely N-dealkylation sites (tertiary alicyclic amines) is 1. The Kier molecular flexibility index (Phi) is 8.36. The molecule has 3 heterocycles. The number of carbonyl (C=O) groups excluding carboxylic acids is 3. The molecule has 5 rings (SSSR count). The molecular formula is C30H32N4O4S. The van der Waals surface area contributed by atoms with Crippen molar-refractivity contribution >= 4 is 40.0 Å². The third-order valence-electron chi connectivity index (χ3n) is 7.13. The number of esters is 1. The molecule has 4 aromatic rings. The number of carbonyl (C=O) groups is 3. The second-order valence-electron chi connectivity index (χ2n) is 9.73. The number of rotatable bonds is 9.